The van der Waals surface area contributed by atoms with Gasteiger partial charge >= 0.3 is 0 Å². The number of nitrogens with zero attached hydrogens (tertiary/aromatic N) is 1. The first-order valence-electron chi connectivity index (χ1n) is 9.73. The highest BCUT2D eigenvalue weighted by atomic mass is 16.6. The Morgan fingerprint density at radius 3 is 2.41 bits per heavy atom. The number of hydrogen-bond donors (Lipinski definition) is 1. The summed E-state index contributed by atoms with van der Waals surface area (Å²) in [6.45, 7) is 2.24. The third kappa shape index (κ3) is 4.86. The van der Waals surface area contributed by atoms with Crippen LogP contribution in [0, 0.1) is 16.0 Å². The summed E-state index contributed by atoms with van der Waals surface area (Å²) in [6, 6.07) is 15.1. The zero-order chi connectivity index (χ0) is 19.2. The summed E-state index contributed by atoms with van der Waals surface area (Å²) in [5.74, 6) is 1.45. The zero-order valence-electron chi connectivity index (χ0n) is 16.1. The molecule has 5 nitrogen and oxygen atoms in total. The fourth-order valence-electron chi connectivity index (χ4n) is 4.03. The van der Waals surface area contributed by atoms with Crippen LogP contribution in [0.5, 0.6) is 5.75 Å². The standard InChI is InChI=1S/C22H28N2O3/c1-16(17-7-4-3-5-8-17)23-22(18-11-13-21(27-2)14-12-18)19-9-6-10-20(15-19)24(25)26/h6,9-17,22-23H,3-5,7-8H2,1-2H3. The second-order valence-corrected chi connectivity index (χ2v) is 7.41. The highest BCUT2D eigenvalue weighted by Crippen LogP contribution is 2.31. The Kier molecular flexibility index (Phi) is 6.45. The van der Waals surface area contributed by atoms with E-state index in [-0.39, 0.29) is 16.7 Å². The molecule has 2 aromatic carbocycles. The molecule has 1 saturated carbocycles. The smallest absolute Gasteiger partial charge is 0.269 e. The van der Waals surface area contributed by atoms with E-state index in [1.165, 1.54) is 32.1 Å². The van der Waals surface area contributed by atoms with E-state index < -0.39 is 0 Å². The molecule has 2 atom stereocenters. The molecule has 2 aromatic rings. The van der Waals surface area contributed by atoms with Gasteiger partial charge in [-0.3, -0.25) is 10.1 Å². The van der Waals surface area contributed by atoms with Crippen LogP contribution >= 0.6 is 0 Å². The van der Waals surface area contributed by atoms with Gasteiger partial charge in [0.25, 0.3) is 5.69 Å². The van der Waals surface area contributed by atoms with Gasteiger partial charge in [-0.25, -0.2) is 0 Å². The van der Waals surface area contributed by atoms with Gasteiger partial charge in [-0.1, -0.05) is 43.5 Å². The molecule has 27 heavy (non-hydrogen) atoms. The van der Waals surface area contributed by atoms with Gasteiger partial charge in [-0.2, -0.15) is 0 Å². The summed E-state index contributed by atoms with van der Waals surface area (Å²) in [4.78, 5) is 10.9. The van der Waals surface area contributed by atoms with E-state index in [1.54, 1.807) is 25.3 Å². The normalized spacial score (nSPS) is 17.3. The van der Waals surface area contributed by atoms with Crippen molar-refractivity contribution >= 4 is 5.69 Å². The maximum absolute atomic E-state index is 11.2. The number of ether oxygens (including phenoxy) is 1. The van der Waals surface area contributed by atoms with E-state index >= 15 is 0 Å². The molecule has 0 saturated heterocycles. The highest BCUT2D eigenvalue weighted by molar-refractivity contribution is 5.41. The predicted molar refractivity (Wildman–Crippen MR) is 107 cm³/mol. The Morgan fingerprint density at radius 2 is 1.78 bits per heavy atom. The van der Waals surface area contributed by atoms with E-state index in [9.17, 15) is 10.1 Å². The second-order valence-electron chi connectivity index (χ2n) is 7.41. The van der Waals surface area contributed by atoms with Crippen LogP contribution in [0.4, 0.5) is 5.69 Å². The highest BCUT2D eigenvalue weighted by Gasteiger charge is 2.25. The average Bonchev–Trinajstić information content (AvgIpc) is 2.72. The third-order valence-corrected chi connectivity index (χ3v) is 5.65. The summed E-state index contributed by atoms with van der Waals surface area (Å²) in [5.41, 5.74) is 2.12. The van der Waals surface area contributed by atoms with Crippen molar-refractivity contribution in [1.82, 2.24) is 5.32 Å². The van der Waals surface area contributed by atoms with Crippen LogP contribution in [0.1, 0.15) is 56.2 Å². The van der Waals surface area contributed by atoms with Gasteiger partial charge in [-0.15, -0.1) is 0 Å². The molecule has 2 unspecified atom stereocenters. The molecule has 0 heterocycles. The minimum Gasteiger partial charge on any atom is -0.497 e. The van der Waals surface area contributed by atoms with Crippen molar-refractivity contribution in [2.75, 3.05) is 7.11 Å². The summed E-state index contributed by atoms with van der Waals surface area (Å²) in [5, 5.41) is 15.0. The van der Waals surface area contributed by atoms with Crippen LogP contribution in [-0.2, 0) is 0 Å². The zero-order valence-corrected chi connectivity index (χ0v) is 16.1. The molecule has 1 aliphatic rings. The van der Waals surface area contributed by atoms with Gasteiger partial charge in [-0.05, 0) is 48.9 Å². The van der Waals surface area contributed by atoms with Crippen LogP contribution in [0.25, 0.3) is 0 Å². The van der Waals surface area contributed by atoms with E-state index in [1.807, 2.05) is 30.3 Å². The van der Waals surface area contributed by atoms with Crippen LogP contribution in [0.3, 0.4) is 0 Å². The molecule has 3 rings (SSSR count). The fraction of sp³-hybridized carbons (Fsp3) is 0.455. The van der Waals surface area contributed by atoms with Crippen molar-refractivity contribution in [3.8, 4) is 5.75 Å². The largest absolute Gasteiger partial charge is 0.497 e. The molecule has 0 spiro atoms. The Bertz CT molecular complexity index is 754. The van der Waals surface area contributed by atoms with E-state index in [4.69, 9.17) is 4.74 Å². The second kappa shape index (κ2) is 9.00. The number of non-ortho nitro benzene ring substituents is 1. The molecule has 0 bridgehead atoms. The van der Waals surface area contributed by atoms with E-state index in [0.717, 1.165) is 16.9 Å². The van der Waals surface area contributed by atoms with Crippen molar-refractivity contribution < 1.29 is 9.66 Å². The van der Waals surface area contributed by atoms with E-state index in [0.29, 0.717) is 12.0 Å². The maximum Gasteiger partial charge on any atom is 0.269 e. The number of benzene rings is 2. The van der Waals surface area contributed by atoms with Gasteiger partial charge < -0.3 is 10.1 Å². The SMILES string of the molecule is COc1ccc(C(NC(C)C2CCCCC2)c2cccc([N+](=O)[O-])c2)cc1. The lowest BCUT2D eigenvalue weighted by molar-refractivity contribution is -0.384. The molecular formula is C22H28N2O3. The minimum absolute atomic E-state index is 0.0901. The molecule has 1 aliphatic carbocycles. The predicted octanol–water partition coefficient (Wildman–Crippen LogP) is 5.25. The fourth-order valence-corrected chi connectivity index (χ4v) is 4.03. The Morgan fingerprint density at radius 1 is 1.07 bits per heavy atom. The summed E-state index contributed by atoms with van der Waals surface area (Å²) in [7, 11) is 1.65. The molecule has 0 aliphatic heterocycles. The summed E-state index contributed by atoms with van der Waals surface area (Å²) in [6.07, 6.45) is 6.41. The van der Waals surface area contributed by atoms with Crippen molar-refractivity contribution in [1.29, 1.82) is 0 Å². The van der Waals surface area contributed by atoms with Crippen LogP contribution in [0.2, 0.25) is 0 Å². The lowest BCUT2D eigenvalue weighted by Crippen LogP contribution is -2.37. The van der Waals surface area contributed by atoms with Crippen molar-refractivity contribution in [3.63, 3.8) is 0 Å². The van der Waals surface area contributed by atoms with Crippen LogP contribution in [0.15, 0.2) is 48.5 Å². The monoisotopic (exact) mass is 368 g/mol. The van der Waals surface area contributed by atoms with Gasteiger partial charge in [0, 0.05) is 18.2 Å². The Balaban J connectivity index is 1.90. The average molecular weight is 368 g/mol. The first-order valence-corrected chi connectivity index (χ1v) is 9.73. The van der Waals surface area contributed by atoms with E-state index in [2.05, 4.69) is 12.2 Å². The maximum atomic E-state index is 11.2. The van der Waals surface area contributed by atoms with Crippen LogP contribution < -0.4 is 10.1 Å². The van der Waals surface area contributed by atoms with Gasteiger partial charge in [0.1, 0.15) is 5.75 Å². The number of hydrogen-bond acceptors (Lipinski definition) is 4. The third-order valence-electron chi connectivity index (χ3n) is 5.65. The van der Waals surface area contributed by atoms with Gasteiger partial charge in [0.05, 0.1) is 18.1 Å². The minimum atomic E-state index is -0.334. The number of nitro groups is 1. The first kappa shape index (κ1) is 19.4. The Labute approximate surface area is 160 Å². The number of nitrogens with one attached hydrogen (secondary N) is 1. The van der Waals surface area contributed by atoms with Crippen molar-refractivity contribution in [2.24, 2.45) is 5.92 Å². The molecule has 5 heteroatoms. The summed E-state index contributed by atoms with van der Waals surface area (Å²) < 4.78 is 5.27. The molecule has 0 radical (unpaired) electrons. The number of rotatable bonds is 7. The number of methoxy groups -OCH3 is 1. The lowest BCUT2D eigenvalue weighted by Gasteiger charge is -2.32. The first-order chi connectivity index (χ1) is 13.1. The molecule has 144 valence electrons. The molecule has 0 aromatic heterocycles. The molecular weight excluding hydrogens is 340 g/mol. The summed E-state index contributed by atoms with van der Waals surface area (Å²) >= 11 is 0. The van der Waals surface area contributed by atoms with Gasteiger partial charge in [0.15, 0.2) is 0 Å². The quantitative estimate of drug-likeness (QED) is 0.535. The molecule has 1 N–H and O–H groups in total. The van der Waals surface area contributed by atoms with Gasteiger partial charge in [0.2, 0.25) is 0 Å². The molecule has 0 amide bonds. The topological polar surface area (TPSA) is 64.4 Å². The van der Waals surface area contributed by atoms with Crippen LogP contribution in [-0.4, -0.2) is 18.1 Å². The lowest BCUT2D eigenvalue weighted by atomic mass is 9.83. The number of nitro benzene ring substituents is 1. The molecule has 1 fully saturated rings. The Hall–Kier alpha value is -2.40. The van der Waals surface area contributed by atoms with Crippen molar-refractivity contribution in [3.05, 3.63) is 69.8 Å². The van der Waals surface area contributed by atoms with Crippen molar-refractivity contribution in [2.45, 2.75) is 51.1 Å².